The average Bonchev–Trinajstić information content (AvgIpc) is 2.19. The quantitative estimate of drug-likeness (QED) is 0.512. The Labute approximate surface area is 51.4 Å². The standard InChI is InChI=1S/C5H10N2Si/c1-8-5-7-3-2-6-4-7/h2-4H,5,8H2,1H3. The van der Waals surface area contributed by atoms with E-state index in [1.54, 1.807) is 0 Å². The maximum atomic E-state index is 3.93. The van der Waals surface area contributed by atoms with E-state index in [0.717, 1.165) is 0 Å². The Morgan fingerprint density at radius 3 is 3.12 bits per heavy atom. The lowest BCUT2D eigenvalue weighted by Gasteiger charge is -1.92. The van der Waals surface area contributed by atoms with Crippen LogP contribution in [0, 0.1) is 0 Å². The van der Waals surface area contributed by atoms with Gasteiger partial charge in [-0.3, -0.25) is 0 Å². The molecule has 1 aromatic heterocycles. The van der Waals surface area contributed by atoms with Gasteiger partial charge in [0.1, 0.15) is 0 Å². The fourth-order valence-corrected chi connectivity index (χ4v) is 1.46. The zero-order valence-electron chi connectivity index (χ0n) is 5.04. The molecule has 0 aliphatic carbocycles. The van der Waals surface area contributed by atoms with Crippen LogP contribution in [0.3, 0.4) is 0 Å². The second-order valence-electron chi connectivity index (χ2n) is 1.80. The van der Waals surface area contributed by atoms with E-state index < -0.39 is 0 Å². The first-order valence-corrected chi connectivity index (χ1v) is 5.30. The molecule has 0 aliphatic rings. The Morgan fingerprint density at radius 2 is 2.62 bits per heavy atom. The fourth-order valence-electron chi connectivity index (χ4n) is 0.677. The second-order valence-corrected chi connectivity index (χ2v) is 3.25. The molecule has 44 valence electrons. The van der Waals surface area contributed by atoms with Crippen LogP contribution < -0.4 is 0 Å². The van der Waals surface area contributed by atoms with E-state index in [0.29, 0.717) is 0 Å². The SMILES string of the molecule is C[SiH2]Cn1ccnc1. The van der Waals surface area contributed by atoms with E-state index >= 15 is 0 Å². The van der Waals surface area contributed by atoms with Gasteiger partial charge in [-0.05, 0) is 0 Å². The van der Waals surface area contributed by atoms with Crippen LogP contribution in [0.25, 0.3) is 0 Å². The molecule has 0 amide bonds. The number of nitrogens with zero attached hydrogens (tertiary/aromatic N) is 2. The van der Waals surface area contributed by atoms with Crippen molar-refractivity contribution in [2.24, 2.45) is 0 Å². The van der Waals surface area contributed by atoms with Crippen LogP contribution in [0.2, 0.25) is 6.55 Å². The van der Waals surface area contributed by atoms with Gasteiger partial charge in [-0.1, -0.05) is 6.55 Å². The van der Waals surface area contributed by atoms with E-state index in [4.69, 9.17) is 0 Å². The third-order valence-corrected chi connectivity index (χ3v) is 2.00. The third kappa shape index (κ3) is 1.20. The summed E-state index contributed by atoms with van der Waals surface area (Å²) in [6.45, 7) is 2.29. The maximum absolute atomic E-state index is 3.93. The molecule has 0 bridgehead atoms. The van der Waals surface area contributed by atoms with Gasteiger partial charge in [0.05, 0.1) is 6.33 Å². The zero-order valence-corrected chi connectivity index (χ0v) is 6.45. The molecule has 0 radical (unpaired) electrons. The van der Waals surface area contributed by atoms with Crippen molar-refractivity contribution in [3.63, 3.8) is 0 Å². The summed E-state index contributed by atoms with van der Waals surface area (Å²) in [5, 5.41) is 0. The Bertz CT molecular complexity index is 136. The normalized spacial score (nSPS) is 11.1. The van der Waals surface area contributed by atoms with Crippen LogP contribution in [-0.2, 0) is 6.17 Å². The lowest BCUT2D eigenvalue weighted by Crippen LogP contribution is -1.98. The molecular weight excluding hydrogens is 116 g/mol. The molecule has 0 saturated carbocycles. The van der Waals surface area contributed by atoms with Crippen LogP contribution in [-0.4, -0.2) is 19.1 Å². The zero-order chi connectivity index (χ0) is 5.82. The van der Waals surface area contributed by atoms with Crippen LogP contribution in [0.5, 0.6) is 0 Å². The minimum atomic E-state index is 0.168. The number of hydrogen-bond acceptors (Lipinski definition) is 1. The Balaban J connectivity index is 2.50. The average molecular weight is 126 g/mol. The third-order valence-electron chi connectivity index (χ3n) is 1.04. The van der Waals surface area contributed by atoms with Gasteiger partial charge in [0.25, 0.3) is 0 Å². The molecule has 1 rings (SSSR count). The highest BCUT2D eigenvalue weighted by Crippen LogP contribution is 1.81. The summed E-state index contributed by atoms with van der Waals surface area (Å²) >= 11 is 0. The van der Waals surface area contributed by atoms with Crippen LogP contribution in [0.1, 0.15) is 0 Å². The highest BCUT2D eigenvalue weighted by Gasteiger charge is 1.82. The Hall–Kier alpha value is -0.573. The maximum Gasteiger partial charge on any atom is 0.0942 e. The Kier molecular flexibility index (Phi) is 1.85. The predicted octanol–water partition coefficient (Wildman–Crippen LogP) is 0.0575. The van der Waals surface area contributed by atoms with Gasteiger partial charge in [-0.15, -0.1) is 0 Å². The van der Waals surface area contributed by atoms with Crippen molar-refractivity contribution in [3.8, 4) is 0 Å². The van der Waals surface area contributed by atoms with Gasteiger partial charge in [0, 0.05) is 28.1 Å². The van der Waals surface area contributed by atoms with Gasteiger partial charge >= 0.3 is 0 Å². The van der Waals surface area contributed by atoms with Gasteiger partial charge < -0.3 is 4.57 Å². The van der Waals surface area contributed by atoms with Crippen LogP contribution >= 0.6 is 0 Å². The van der Waals surface area contributed by atoms with E-state index in [1.165, 1.54) is 6.17 Å². The fraction of sp³-hybridized carbons (Fsp3) is 0.400. The minimum Gasteiger partial charge on any atom is -0.341 e. The lowest BCUT2D eigenvalue weighted by atomic mass is 10.9. The topological polar surface area (TPSA) is 17.8 Å². The van der Waals surface area contributed by atoms with Crippen LogP contribution in [0.4, 0.5) is 0 Å². The molecule has 2 nitrogen and oxygen atoms in total. The molecule has 0 saturated heterocycles. The molecule has 0 atom stereocenters. The molecule has 1 heterocycles. The molecule has 0 aliphatic heterocycles. The number of imidazole rings is 1. The van der Waals surface area contributed by atoms with Crippen LogP contribution in [0.15, 0.2) is 18.7 Å². The molecule has 8 heavy (non-hydrogen) atoms. The largest absolute Gasteiger partial charge is 0.341 e. The summed E-state index contributed by atoms with van der Waals surface area (Å²) in [6.07, 6.45) is 6.93. The second kappa shape index (κ2) is 2.67. The van der Waals surface area contributed by atoms with Gasteiger partial charge in [-0.2, -0.15) is 0 Å². The molecule has 0 spiro atoms. The summed E-state index contributed by atoms with van der Waals surface area (Å²) in [7, 11) is 0.168. The number of aromatic nitrogens is 2. The van der Waals surface area contributed by atoms with E-state index in [1.807, 2.05) is 18.7 Å². The van der Waals surface area contributed by atoms with Crippen molar-refractivity contribution >= 4 is 9.52 Å². The van der Waals surface area contributed by atoms with Gasteiger partial charge in [0.15, 0.2) is 0 Å². The molecule has 1 aromatic rings. The summed E-state index contributed by atoms with van der Waals surface area (Å²) < 4.78 is 2.13. The van der Waals surface area contributed by atoms with Crippen molar-refractivity contribution in [1.82, 2.24) is 9.55 Å². The smallest absolute Gasteiger partial charge is 0.0942 e. The monoisotopic (exact) mass is 126 g/mol. The predicted molar refractivity (Wildman–Crippen MR) is 36.6 cm³/mol. The first-order chi connectivity index (χ1) is 3.93. The van der Waals surface area contributed by atoms with Crippen molar-refractivity contribution in [1.29, 1.82) is 0 Å². The first kappa shape index (κ1) is 5.56. The van der Waals surface area contributed by atoms with Crippen molar-refractivity contribution in [2.75, 3.05) is 0 Å². The molecule has 0 unspecified atom stereocenters. The molecule has 0 fully saturated rings. The lowest BCUT2D eigenvalue weighted by molar-refractivity contribution is 0.872. The summed E-state index contributed by atoms with van der Waals surface area (Å²) in [5.74, 6) is 0. The van der Waals surface area contributed by atoms with E-state index in [9.17, 15) is 0 Å². The Morgan fingerprint density at radius 1 is 1.75 bits per heavy atom. The molecule has 0 aromatic carbocycles. The van der Waals surface area contributed by atoms with Gasteiger partial charge in [-0.25, -0.2) is 4.98 Å². The molecule has 3 heteroatoms. The first-order valence-electron chi connectivity index (χ1n) is 2.89. The minimum absolute atomic E-state index is 0.168. The number of rotatable bonds is 2. The van der Waals surface area contributed by atoms with Gasteiger partial charge in [0.2, 0.25) is 0 Å². The highest BCUT2D eigenvalue weighted by atomic mass is 28.2. The van der Waals surface area contributed by atoms with E-state index in [-0.39, 0.29) is 9.52 Å². The molecule has 0 N–H and O–H groups in total. The van der Waals surface area contributed by atoms with Crippen molar-refractivity contribution in [2.45, 2.75) is 12.7 Å². The van der Waals surface area contributed by atoms with Crippen molar-refractivity contribution < 1.29 is 0 Å². The number of hydrogen-bond donors (Lipinski definition) is 0. The van der Waals surface area contributed by atoms with E-state index in [2.05, 4.69) is 16.1 Å². The van der Waals surface area contributed by atoms with Crippen molar-refractivity contribution in [3.05, 3.63) is 18.7 Å². The summed E-state index contributed by atoms with van der Waals surface area (Å²) in [4.78, 5) is 3.93. The summed E-state index contributed by atoms with van der Waals surface area (Å²) in [5.41, 5.74) is 0. The highest BCUT2D eigenvalue weighted by molar-refractivity contribution is 6.31. The molecular formula is C5H10N2Si. The summed E-state index contributed by atoms with van der Waals surface area (Å²) in [6, 6.07) is 0.